The number of aromatic nitrogens is 4. The normalized spacial score (nSPS) is 14.9. The molecule has 1 aromatic carbocycles. The highest BCUT2D eigenvalue weighted by atomic mass is 15.2. The fraction of sp³-hybridized carbons (Fsp3) is 0.222. The first-order valence-electron chi connectivity index (χ1n) is 11.4. The molecule has 6 nitrogen and oxygen atoms in total. The first kappa shape index (κ1) is 19.9. The molecular weight excluding hydrogens is 408 g/mol. The zero-order valence-corrected chi connectivity index (χ0v) is 18.9. The van der Waals surface area contributed by atoms with Gasteiger partial charge in [-0.1, -0.05) is 12.1 Å². The molecule has 33 heavy (non-hydrogen) atoms. The van der Waals surface area contributed by atoms with Gasteiger partial charge < -0.3 is 9.80 Å². The zero-order valence-electron chi connectivity index (χ0n) is 18.9. The van der Waals surface area contributed by atoms with Gasteiger partial charge in [-0.05, 0) is 67.6 Å². The van der Waals surface area contributed by atoms with E-state index in [9.17, 15) is 0 Å². The molecule has 6 rings (SSSR count). The van der Waals surface area contributed by atoms with Crippen molar-refractivity contribution in [3.05, 3.63) is 78.9 Å². The average molecular weight is 435 g/mol. The fourth-order valence-electron chi connectivity index (χ4n) is 4.68. The van der Waals surface area contributed by atoms with E-state index in [1.54, 1.807) is 6.20 Å². The third-order valence-corrected chi connectivity index (χ3v) is 6.57. The van der Waals surface area contributed by atoms with Crippen molar-refractivity contribution in [1.29, 1.82) is 0 Å². The Morgan fingerprint density at radius 2 is 1.67 bits per heavy atom. The SMILES string of the molecule is Cc1cc(-c2cnc3cc(-c4ccc(N5CCN(C)CC5)cc4)ccn23)c2cccnc2n1. The first-order chi connectivity index (χ1) is 16.2. The lowest BCUT2D eigenvalue weighted by Crippen LogP contribution is -2.44. The molecule has 5 aromatic rings. The van der Waals surface area contributed by atoms with Gasteiger partial charge in [-0.25, -0.2) is 15.0 Å². The van der Waals surface area contributed by atoms with Crippen molar-refractivity contribution in [1.82, 2.24) is 24.3 Å². The first-order valence-corrected chi connectivity index (χ1v) is 11.4. The number of aryl methyl sites for hydroxylation is 1. The minimum atomic E-state index is 0.763. The molecule has 0 N–H and O–H groups in total. The quantitative estimate of drug-likeness (QED) is 0.413. The number of nitrogens with zero attached hydrogens (tertiary/aromatic N) is 6. The Morgan fingerprint density at radius 3 is 2.48 bits per heavy atom. The van der Waals surface area contributed by atoms with Crippen LogP contribution in [0.2, 0.25) is 0 Å². The number of anilines is 1. The van der Waals surface area contributed by atoms with Crippen LogP contribution in [0, 0.1) is 6.92 Å². The summed E-state index contributed by atoms with van der Waals surface area (Å²) >= 11 is 0. The van der Waals surface area contributed by atoms with Crippen LogP contribution in [-0.4, -0.2) is 57.5 Å². The molecule has 0 unspecified atom stereocenters. The van der Waals surface area contributed by atoms with Crippen molar-refractivity contribution < 1.29 is 0 Å². The molecule has 1 aliphatic rings. The van der Waals surface area contributed by atoms with E-state index in [0.717, 1.165) is 59.8 Å². The van der Waals surface area contributed by atoms with Crippen LogP contribution in [0.15, 0.2) is 73.2 Å². The predicted octanol–water partition coefficient (Wildman–Crippen LogP) is 4.67. The van der Waals surface area contributed by atoms with Crippen LogP contribution < -0.4 is 4.90 Å². The third kappa shape index (κ3) is 3.62. The molecule has 0 spiro atoms. The molecule has 0 bridgehead atoms. The Labute approximate surface area is 193 Å². The summed E-state index contributed by atoms with van der Waals surface area (Å²) in [7, 11) is 2.19. The molecule has 1 saturated heterocycles. The standard InChI is InChI=1S/C27H26N6/c1-19-16-24(23-4-3-10-28-27(23)30-19)25-18-29-26-17-21(9-11-33(25)26)20-5-7-22(8-6-20)32-14-12-31(2)13-15-32/h3-11,16-18H,12-15H2,1-2H3. The summed E-state index contributed by atoms with van der Waals surface area (Å²) in [6, 6.07) is 19.4. The molecular formula is C27H26N6. The smallest absolute Gasteiger partial charge is 0.160 e. The van der Waals surface area contributed by atoms with Gasteiger partial charge in [0.1, 0.15) is 5.65 Å². The topological polar surface area (TPSA) is 49.6 Å². The number of benzene rings is 1. The highest BCUT2D eigenvalue weighted by Gasteiger charge is 2.15. The van der Waals surface area contributed by atoms with Crippen molar-refractivity contribution in [3.63, 3.8) is 0 Å². The van der Waals surface area contributed by atoms with Gasteiger partial charge in [-0.2, -0.15) is 0 Å². The van der Waals surface area contributed by atoms with Crippen molar-refractivity contribution >= 4 is 22.4 Å². The summed E-state index contributed by atoms with van der Waals surface area (Å²) in [4.78, 5) is 18.6. The molecule has 1 aliphatic heterocycles. The summed E-state index contributed by atoms with van der Waals surface area (Å²) in [5.41, 5.74) is 8.45. The molecule has 0 saturated carbocycles. The Hall–Kier alpha value is -3.77. The molecule has 0 aliphatic carbocycles. The highest BCUT2D eigenvalue weighted by molar-refractivity contribution is 5.92. The Kier molecular flexibility index (Phi) is 4.80. The second-order valence-corrected chi connectivity index (χ2v) is 8.81. The number of pyridine rings is 3. The van der Waals surface area contributed by atoms with Gasteiger partial charge in [-0.3, -0.25) is 4.40 Å². The van der Waals surface area contributed by atoms with Crippen molar-refractivity contribution in [3.8, 4) is 22.4 Å². The summed E-state index contributed by atoms with van der Waals surface area (Å²) in [6.45, 7) is 6.39. The summed E-state index contributed by atoms with van der Waals surface area (Å²) in [6.07, 6.45) is 5.84. The van der Waals surface area contributed by atoms with E-state index in [2.05, 4.69) is 85.9 Å². The van der Waals surface area contributed by atoms with Gasteiger partial charge in [-0.15, -0.1) is 0 Å². The second-order valence-electron chi connectivity index (χ2n) is 8.81. The van der Waals surface area contributed by atoms with Gasteiger partial charge >= 0.3 is 0 Å². The van der Waals surface area contributed by atoms with Crippen molar-refractivity contribution in [2.75, 3.05) is 38.1 Å². The van der Waals surface area contributed by atoms with Crippen LogP contribution in [0.25, 0.3) is 39.1 Å². The van der Waals surface area contributed by atoms with Crippen molar-refractivity contribution in [2.24, 2.45) is 0 Å². The molecule has 6 heteroatoms. The van der Waals surface area contributed by atoms with E-state index in [1.807, 2.05) is 19.2 Å². The van der Waals surface area contributed by atoms with Crippen molar-refractivity contribution in [2.45, 2.75) is 6.92 Å². The monoisotopic (exact) mass is 434 g/mol. The fourth-order valence-corrected chi connectivity index (χ4v) is 4.68. The molecule has 0 amide bonds. The van der Waals surface area contributed by atoms with Crippen LogP contribution in [-0.2, 0) is 0 Å². The zero-order chi connectivity index (χ0) is 22.4. The predicted molar refractivity (Wildman–Crippen MR) is 134 cm³/mol. The van der Waals surface area contributed by atoms with Gasteiger partial charge in [0.15, 0.2) is 5.65 Å². The number of rotatable bonds is 3. The van der Waals surface area contributed by atoms with Gasteiger partial charge in [0.25, 0.3) is 0 Å². The summed E-state index contributed by atoms with van der Waals surface area (Å²) < 4.78 is 2.14. The molecule has 1 fully saturated rings. The number of imidazole rings is 1. The molecule has 4 aromatic heterocycles. The maximum atomic E-state index is 4.73. The lowest BCUT2D eigenvalue weighted by molar-refractivity contribution is 0.313. The summed E-state index contributed by atoms with van der Waals surface area (Å²) in [5, 5.41) is 1.04. The molecule has 0 radical (unpaired) electrons. The van der Waals surface area contributed by atoms with Crippen LogP contribution in [0.3, 0.4) is 0 Å². The molecule has 5 heterocycles. The van der Waals surface area contributed by atoms with E-state index in [1.165, 1.54) is 16.8 Å². The molecule has 0 atom stereocenters. The van der Waals surface area contributed by atoms with Gasteiger partial charge in [0.05, 0.1) is 11.9 Å². The Balaban J connectivity index is 1.34. The number of fused-ring (bicyclic) bond motifs is 2. The lowest BCUT2D eigenvalue weighted by Gasteiger charge is -2.34. The summed E-state index contributed by atoms with van der Waals surface area (Å²) in [5.74, 6) is 0. The van der Waals surface area contributed by atoms with Crippen LogP contribution in [0.4, 0.5) is 5.69 Å². The average Bonchev–Trinajstić information content (AvgIpc) is 3.27. The van der Waals surface area contributed by atoms with Gasteiger partial charge in [0.2, 0.25) is 0 Å². The van der Waals surface area contributed by atoms with E-state index < -0.39 is 0 Å². The minimum Gasteiger partial charge on any atom is -0.369 e. The van der Waals surface area contributed by atoms with E-state index >= 15 is 0 Å². The highest BCUT2D eigenvalue weighted by Crippen LogP contribution is 2.30. The largest absolute Gasteiger partial charge is 0.369 e. The van der Waals surface area contributed by atoms with Crippen LogP contribution in [0.5, 0.6) is 0 Å². The van der Waals surface area contributed by atoms with Crippen LogP contribution in [0.1, 0.15) is 5.69 Å². The van der Waals surface area contributed by atoms with E-state index in [0.29, 0.717) is 0 Å². The van der Waals surface area contributed by atoms with E-state index in [-0.39, 0.29) is 0 Å². The minimum absolute atomic E-state index is 0.763. The second kappa shape index (κ2) is 7.98. The molecule has 164 valence electrons. The van der Waals surface area contributed by atoms with Crippen LogP contribution >= 0.6 is 0 Å². The number of piperazine rings is 1. The Bertz CT molecular complexity index is 1450. The lowest BCUT2D eigenvalue weighted by atomic mass is 10.1. The number of hydrogen-bond acceptors (Lipinski definition) is 5. The number of likely N-dealkylation sites (N-methyl/N-ethyl adjacent to an activating group) is 1. The third-order valence-electron chi connectivity index (χ3n) is 6.57. The maximum absolute atomic E-state index is 4.73. The Morgan fingerprint density at radius 1 is 0.848 bits per heavy atom. The maximum Gasteiger partial charge on any atom is 0.160 e. The number of hydrogen-bond donors (Lipinski definition) is 0. The van der Waals surface area contributed by atoms with Gasteiger partial charge in [0, 0.05) is 60.9 Å². The van der Waals surface area contributed by atoms with E-state index in [4.69, 9.17) is 4.98 Å².